The van der Waals surface area contributed by atoms with Crippen LogP contribution in [0.4, 0.5) is 39.8 Å². The van der Waals surface area contributed by atoms with Crippen LogP contribution in [-0.4, -0.2) is 82.6 Å². The van der Waals surface area contributed by atoms with E-state index in [1.165, 1.54) is 85.3 Å². The summed E-state index contributed by atoms with van der Waals surface area (Å²) in [5, 5.41) is 10.7. The Morgan fingerprint density at radius 1 is 0.483 bits per heavy atom. The molecule has 11 rings (SSSR count). The average Bonchev–Trinajstić information content (AvgIpc) is 1.62. The van der Waals surface area contributed by atoms with Gasteiger partial charge in [0.1, 0.15) is 50.8 Å². The van der Waals surface area contributed by atoms with Crippen molar-refractivity contribution in [2.75, 3.05) is 32.6 Å². The summed E-state index contributed by atoms with van der Waals surface area (Å²) in [6.45, 7) is 17.5. The van der Waals surface area contributed by atoms with E-state index in [0.717, 1.165) is 70.6 Å². The lowest BCUT2D eigenvalue weighted by Gasteiger charge is -2.19. The number of hydrogen-bond acceptors (Lipinski definition) is 14. The van der Waals surface area contributed by atoms with E-state index in [4.69, 9.17) is 122 Å². The second-order valence-corrected chi connectivity index (χ2v) is 34.6. The molecule has 19 nitrogen and oxygen atoms in total. The van der Waals surface area contributed by atoms with Crippen molar-refractivity contribution in [3.8, 4) is 17.2 Å². The number of aryl methyl sites for hydroxylation is 5. The summed E-state index contributed by atoms with van der Waals surface area (Å²) < 4.78 is 24.1. The third kappa shape index (κ3) is 24.9. The summed E-state index contributed by atoms with van der Waals surface area (Å²) >= 11 is 57.9. The third-order valence-electron chi connectivity index (χ3n) is 18.7. The number of thioether (sulfide) groups is 2. The van der Waals surface area contributed by atoms with Gasteiger partial charge in [0, 0.05) is 30.0 Å². The van der Waals surface area contributed by atoms with Gasteiger partial charge in [-0.1, -0.05) is 242 Å². The van der Waals surface area contributed by atoms with Gasteiger partial charge in [0.05, 0.1) is 65.1 Å². The van der Waals surface area contributed by atoms with E-state index >= 15 is 0 Å². The maximum Gasteiger partial charge on any atom is 0.339 e. The molecule has 0 saturated carbocycles. The van der Waals surface area contributed by atoms with Crippen molar-refractivity contribution in [1.29, 1.82) is 0 Å². The zero-order valence-electron chi connectivity index (χ0n) is 66.1. The zero-order chi connectivity index (χ0) is 85.0. The highest BCUT2D eigenvalue weighted by Gasteiger charge is 2.44. The Morgan fingerprint density at radius 3 is 1.38 bits per heavy atom. The topological polar surface area (TPSA) is 231 Å². The monoisotopic (exact) mass is 1850 g/mol. The SMILES string of the molecule is CCC(Oc1ccc(C)cc1)C(=O)Nc1ccc(Cl)c(N=C2NN(c3c(Cl)cc(Cl)cc3Cl)C(=O)C2Sc2ccccc2NC(=O)C(C)Oc2ccc(C)cc2C)c1.CCCCCCCCCCCCOC(=O)c1cc(N=C2NN(c3c(Cl)cc(Cl)cc3Cl)C(=O)C2Sc2ccccc2NC(=O)C(C)Oc2ccc(C)cc2C)c(Cl)cc1Br. The highest BCUT2D eigenvalue weighted by atomic mass is 79.9. The highest BCUT2D eigenvalue weighted by Crippen LogP contribution is 2.45. The molecule has 5 amide bonds. The van der Waals surface area contributed by atoms with Gasteiger partial charge in [0.2, 0.25) is 0 Å². The van der Waals surface area contributed by atoms with Gasteiger partial charge in [-0.3, -0.25) is 34.8 Å². The lowest BCUT2D eigenvalue weighted by atomic mass is 10.1. The molecule has 5 N–H and O–H groups in total. The van der Waals surface area contributed by atoms with Gasteiger partial charge in [-0.05, 0) is 191 Å². The van der Waals surface area contributed by atoms with Crippen molar-refractivity contribution >= 4 is 219 Å². The standard InChI is InChI=1S/C45H49BrCl4N4O5S.C43H39Cl4N5O5S/c1-5-6-7-8-9-10-11-12-13-16-21-58-45(57)31-25-37(33(48)26-32(31)46)51-42-41(44(56)54(53-42)40-34(49)23-30(47)24-35(40)50)60-39-18-15-14-17-36(39)52-43(55)29(4)59-38-20-19-27(2)22-28(38)3;1-6-35(57-29-15-11-23(2)12-16-29)42(54)48-28-14-17-30(45)34(22-28)49-40-39(43(55)52(51-40)38-31(46)20-27(44)21-32(38)47)58-37-10-8-7-9-33(37)50-41(53)26(5)56-36-18-13-24(3)19-25(36)4/h14-15,17-20,22-26,29,41H,5-13,16,21H2,1-4H3,(H,51,53)(H,52,55);7-22,26,35,39H,6H2,1-5H3,(H,48,54)(H,49,51)(H,50,53). The molecule has 5 atom stereocenters. The van der Waals surface area contributed by atoms with E-state index in [9.17, 15) is 28.8 Å². The summed E-state index contributed by atoms with van der Waals surface area (Å²) in [5.74, 6) is -0.503. The summed E-state index contributed by atoms with van der Waals surface area (Å²) in [6, 6.07) is 46.9. The van der Waals surface area contributed by atoms with Crippen LogP contribution < -0.4 is 51.0 Å². The molecule has 9 aromatic rings. The van der Waals surface area contributed by atoms with Crippen molar-refractivity contribution in [2.45, 2.75) is 172 Å². The number of amidine groups is 2. The molecular weight excluding hydrogens is 1770 g/mol. The van der Waals surface area contributed by atoms with Gasteiger partial charge in [-0.25, -0.2) is 24.8 Å². The van der Waals surface area contributed by atoms with E-state index in [0.29, 0.717) is 55.0 Å². The molecule has 9 aromatic carbocycles. The number of hydrazine groups is 2. The average molecular weight is 1860 g/mol. The summed E-state index contributed by atoms with van der Waals surface area (Å²) in [4.78, 5) is 93.1. The number of carbonyl (C=O) groups is 6. The second kappa shape index (κ2) is 43.7. The smallest absolute Gasteiger partial charge is 0.339 e. The molecule has 0 bridgehead atoms. The fourth-order valence-electron chi connectivity index (χ4n) is 12.4. The minimum absolute atomic E-state index is 0.120. The van der Waals surface area contributed by atoms with E-state index in [1.807, 2.05) is 102 Å². The number of anilines is 5. The zero-order valence-corrected chi connectivity index (χ0v) is 75.3. The van der Waals surface area contributed by atoms with Crippen molar-refractivity contribution < 1.29 is 47.7 Å². The van der Waals surface area contributed by atoms with Gasteiger partial charge in [-0.15, -0.1) is 23.5 Å². The molecular formula is C88H88BrCl8N9O10S2. The van der Waals surface area contributed by atoms with Gasteiger partial charge in [0.15, 0.2) is 18.3 Å². The predicted octanol–water partition coefficient (Wildman–Crippen LogP) is 25.1. The molecule has 30 heteroatoms. The number of amides is 5. The predicted molar refractivity (Wildman–Crippen MR) is 487 cm³/mol. The number of unbranched alkanes of at least 4 members (excludes halogenated alkanes) is 9. The Kier molecular flexibility index (Phi) is 34.1. The van der Waals surface area contributed by atoms with Crippen LogP contribution in [0.3, 0.4) is 0 Å². The lowest BCUT2D eigenvalue weighted by Crippen LogP contribution is -2.36. The maximum atomic E-state index is 14.4. The molecule has 0 aromatic heterocycles. The molecule has 620 valence electrons. The fraction of sp³-hybridized carbons (Fsp3) is 0.295. The number of benzene rings is 9. The van der Waals surface area contributed by atoms with Gasteiger partial charge in [0.25, 0.3) is 29.5 Å². The first-order valence-corrected chi connectivity index (χ1v) is 43.8. The molecule has 2 aliphatic heterocycles. The largest absolute Gasteiger partial charge is 0.481 e. The highest BCUT2D eigenvalue weighted by molar-refractivity contribution is 9.10. The number of hydrogen-bond donors (Lipinski definition) is 5. The van der Waals surface area contributed by atoms with Crippen molar-refractivity contribution in [3.63, 3.8) is 0 Å². The Bertz CT molecular complexity index is 5200. The number of ether oxygens (including phenoxy) is 4. The van der Waals surface area contributed by atoms with Crippen LogP contribution >= 0.6 is 132 Å². The Balaban J connectivity index is 0.000000249. The lowest BCUT2D eigenvalue weighted by molar-refractivity contribution is -0.123. The molecule has 0 aliphatic carbocycles. The van der Waals surface area contributed by atoms with Crippen LogP contribution in [0.2, 0.25) is 40.2 Å². The Labute approximate surface area is 744 Å². The molecule has 0 radical (unpaired) electrons. The first kappa shape index (κ1) is 91.9. The van der Waals surface area contributed by atoms with E-state index in [1.54, 1.807) is 86.6 Å². The Morgan fingerprint density at radius 2 is 0.924 bits per heavy atom. The number of nitrogens with zero attached hydrogens (tertiary/aromatic N) is 4. The van der Waals surface area contributed by atoms with Crippen LogP contribution in [0.25, 0.3) is 0 Å². The van der Waals surface area contributed by atoms with E-state index < -0.39 is 46.6 Å². The second-order valence-electron chi connectivity index (χ2n) is 28.1. The summed E-state index contributed by atoms with van der Waals surface area (Å²) in [6.07, 6.45) is 9.65. The first-order valence-electron chi connectivity index (χ1n) is 38.3. The van der Waals surface area contributed by atoms with Crippen LogP contribution in [0.15, 0.2) is 188 Å². The molecule has 2 saturated heterocycles. The van der Waals surface area contributed by atoms with Gasteiger partial charge >= 0.3 is 5.97 Å². The molecule has 2 aliphatic rings. The number of nitrogens with one attached hydrogen (secondary N) is 5. The first-order chi connectivity index (χ1) is 56.5. The number of rotatable bonds is 33. The third-order valence-corrected chi connectivity index (χ3v) is 24.1. The number of carbonyl (C=O) groups excluding carboxylic acids is 6. The van der Waals surface area contributed by atoms with Crippen LogP contribution in [0, 0.1) is 34.6 Å². The summed E-state index contributed by atoms with van der Waals surface area (Å²) in [7, 11) is 0. The van der Waals surface area contributed by atoms with E-state index in [-0.39, 0.29) is 104 Å². The minimum Gasteiger partial charge on any atom is -0.481 e. The summed E-state index contributed by atoms with van der Waals surface area (Å²) in [5.41, 5.74) is 13.5. The van der Waals surface area contributed by atoms with E-state index in [2.05, 4.69) is 49.7 Å². The van der Waals surface area contributed by atoms with Crippen molar-refractivity contribution in [2.24, 2.45) is 9.98 Å². The van der Waals surface area contributed by atoms with Crippen molar-refractivity contribution in [1.82, 2.24) is 10.9 Å². The molecule has 2 heterocycles. The molecule has 118 heavy (non-hydrogen) atoms. The number of halogens is 9. The van der Waals surface area contributed by atoms with Gasteiger partial charge in [-0.2, -0.15) is 0 Å². The minimum atomic E-state index is -1.03. The molecule has 0 spiro atoms. The number of para-hydroxylation sites is 2. The Hall–Kier alpha value is -8.36. The van der Waals surface area contributed by atoms with Crippen LogP contribution in [0.5, 0.6) is 17.2 Å². The fourth-order valence-corrected chi connectivity index (χ4v) is 17.6. The number of esters is 1. The molecule has 2 fully saturated rings. The molecule has 5 unspecified atom stereocenters. The number of aliphatic imine (C=N–C) groups is 2. The van der Waals surface area contributed by atoms with Gasteiger partial charge < -0.3 is 34.9 Å². The quantitative estimate of drug-likeness (QED) is 0.0190. The van der Waals surface area contributed by atoms with Crippen LogP contribution in [-0.2, 0) is 28.7 Å². The normalized spacial score (nSPS) is 15.2. The van der Waals surface area contributed by atoms with Crippen molar-refractivity contribution in [3.05, 3.63) is 242 Å². The maximum absolute atomic E-state index is 14.4. The van der Waals surface area contributed by atoms with Crippen LogP contribution in [0.1, 0.15) is 136 Å².